The highest BCUT2D eigenvalue weighted by Gasteiger charge is 2.13. The molecule has 0 atom stereocenters. The monoisotopic (exact) mass is 471 g/mol. The Morgan fingerprint density at radius 3 is 2.53 bits per heavy atom. The lowest BCUT2D eigenvalue weighted by Crippen LogP contribution is -2.25. The van der Waals surface area contributed by atoms with Crippen LogP contribution in [0, 0.1) is 5.92 Å². The van der Waals surface area contributed by atoms with Crippen LogP contribution in [0.15, 0.2) is 48.5 Å². The molecule has 0 aliphatic rings. The highest BCUT2D eigenvalue weighted by Crippen LogP contribution is 2.19. The number of hydrogen-bond donors (Lipinski definition) is 3. The van der Waals surface area contributed by atoms with E-state index in [0.29, 0.717) is 44.9 Å². The van der Waals surface area contributed by atoms with Gasteiger partial charge in [-0.15, -0.1) is 10.2 Å². The molecule has 0 radical (unpaired) electrons. The molecule has 2 aromatic carbocycles. The van der Waals surface area contributed by atoms with Gasteiger partial charge in [-0.1, -0.05) is 55.0 Å². The molecule has 3 amide bonds. The second-order valence-electron chi connectivity index (χ2n) is 7.17. The summed E-state index contributed by atoms with van der Waals surface area (Å²) >= 11 is 7.25. The van der Waals surface area contributed by atoms with Crippen LogP contribution >= 0.6 is 22.9 Å². The van der Waals surface area contributed by atoms with Crippen molar-refractivity contribution >= 4 is 51.5 Å². The van der Waals surface area contributed by atoms with Gasteiger partial charge in [-0.3, -0.25) is 19.7 Å². The van der Waals surface area contributed by atoms with Crippen LogP contribution in [0.3, 0.4) is 0 Å². The van der Waals surface area contributed by atoms with Gasteiger partial charge in [0.1, 0.15) is 5.01 Å². The first-order valence-corrected chi connectivity index (χ1v) is 11.1. The fraction of sp³-hybridized carbons (Fsp3) is 0.227. The molecule has 32 heavy (non-hydrogen) atoms. The number of benzene rings is 2. The summed E-state index contributed by atoms with van der Waals surface area (Å²) in [5.74, 6) is -0.918. The lowest BCUT2D eigenvalue weighted by Gasteiger charge is -2.09. The molecule has 3 rings (SSSR count). The van der Waals surface area contributed by atoms with E-state index in [9.17, 15) is 14.4 Å². The van der Waals surface area contributed by atoms with Gasteiger partial charge in [0, 0.05) is 30.1 Å². The van der Waals surface area contributed by atoms with Crippen LogP contribution in [0.2, 0.25) is 5.02 Å². The Bertz CT molecular complexity index is 1130. The summed E-state index contributed by atoms with van der Waals surface area (Å²) in [5, 5.41) is 17.7. The first-order chi connectivity index (χ1) is 15.3. The first kappa shape index (κ1) is 23.4. The number of aromatic nitrogens is 2. The smallest absolute Gasteiger partial charge is 0.257 e. The zero-order chi connectivity index (χ0) is 23.1. The van der Waals surface area contributed by atoms with Gasteiger partial charge in [-0.25, -0.2) is 0 Å². The number of carbonyl (C=O) groups excluding carboxylic acids is 3. The number of carbonyl (C=O) groups is 3. The van der Waals surface area contributed by atoms with Gasteiger partial charge in [0.05, 0.1) is 10.6 Å². The molecule has 0 fully saturated rings. The van der Waals surface area contributed by atoms with Crippen molar-refractivity contribution in [3.05, 3.63) is 69.7 Å². The number of halogens is 1. The normalized spacial score (nSPS) is 10.6. The summed E-state index contributed by atoms with van der Waals surface area (Å²) in [6, 6.07) is 13.5. The number of hydrogen-bond acceptors (Lipinski definition) is 6. The largest absolute Gasteiger partial charge is 0.352 e. The van der Waals surface area contributed by atoms with Crippen molar-refractivity contribution in [2.75, 3.05) is 17.2 Å². The van der Waals surface area contributed by atoms with Crippen LogP contribution in [-0.4, -0.2) is 34.5 Å². The molecule has 1 heterocycles. The second kappa shape index (κ2) is 10.8. The number of amides is 3. The van der Waals surface area contributed by atoms with E-state index in [4.69, 9.17) is 11.6 Å². The molecule has 10 heteroatoms. The van der Waals surface area contributed by atoms with Gasteiger partial charge in [0.15, 0.2) is 0 Å². The maximum absolute atomic E-state index is 12.5. The Hall–Kier alpha value is -3.30. The number of nitrogens with one attached hydrogen (secondary N) is 3. The van der Waals surface area contributed by atoms with Crippen LogP contribution in [0.25, 0.3) is 0 Å². The van der Waals surface area contributed by atoms with E-state index in [1.54, 1.807) is 62.4 Å². The van der Waals surface area contributed by atoms with E-state index in [0.717, 1.165) is 0 Å². The Labute approximate surface area is 194 Å². The minimum absolute atomic E-state index is 0.127. The van der Waals surface area contributed by atoms with E-state index in [1.165, 1.54) is 11.3 Å². The molecule has 3 N–H and O–H groups in total. The van der Waals surface area contributed by atoms with Crippen LogP contribution in [0.1, 0.15) is 39.6 Å². The van der Waals surface area contributed by atoms with Gasteiger partial charge >= 0.3 is 0 Å². The molecule has 0 aliphatic carbocycles. The van der Waals surface area contributed by atoms with Gasteiger partial charge < -0.3 is 10.6 Å². The SMILES string of the molecule is CC(C)C(=O)Nc1cccc(C(=O)Nc2nnc(CCNC(=O)c3ccccc3Cl)s2)c1. The zero-order valence-electron chi connectivity index (χ0n) is 17.5. The van der Waals surface area contributed by atoms with Crippen molar-refractivity contribution < 1.29 is 14.4 Å². The molecular weight excluding hydrogens is 450 g/mol. The van der Waals surface area contributed by atoms with E-state index in [1.807, 2.05) is 0 Å². The standard InChI is InChI=1S/C22H22ClN5O3S/c1-13(2)19(29)25-15-7-5-6-14(12-15)20(30)26-22-28-27-18(32-22)10-11-24-21(31)16-8-3-4-9-17(16)23/h3-9,12-13H,10-11H2,1-2H3,(H,24,31)(H,25,29)(H,26,28,30). The fourth-order valence-electron chi connectivity index (χ4n) is 2.62. The summed E-state index contributed by atoms with van der Waals surface area (Å²) < 4.78 is 0. The van der Waals surface area contributed by atoms with Crippen molar-refractivity contribution in [2.24, 2.45) is 5.92 Å². The van der Waals surface area contributed by atoms with Crippen molar-refractivity contribution in [2.45, 2.75) is 20.3 Å². The molecule has 3 aromatic rings. The van der Waals surface area contributed by atoms with Gasteiger partial charge in [-0.05, 0) is 30.3 Å². The van der Waals surface area contributed by atoms with Crippen LogP contribution < -0.4 is 16.0 Å². The highest BCUT2D eigenvalue weighted by molar-refractivity contribution is 7.15. The average molecular weight is 472 g/mol. The molecule has 8 nitrogen and oxygen atoms in total. The summed E-state index contributed by atoms with van der Waals surface area (Å²) in [4.78, 5) is 36.6. The van der Waals surface area contributed by atoms with E-state index in [-0.39, 0.29) is 23.6 Å². The van der Waals surface area contributed by atoms with Gasteiger partial charge in [0.2, 0.25) is 11.0 Å². The number of rotatable bonds is 8. The lowest BCUT2D eigenvalue weighted by atomic mass is 10.1. The summed E-state index contributed by atoms with van der Waals surface area (Å²) in [7, 11) is 0. The predicted molar refractivity (Wildman–Crippen MR) is 125 cm³/mol. The van der Waals surface area contributed by atoms with Crippen LogP contribution in [0.5, 0.6) is 0 Å². The minimum Gasteiger partial charge on any atom is -0.352 e. The summed E-state index contributed by atoms with van der Waals surface area (Å²) in [5.41, 5.74) is 1.34. The summed E-state index contributed by atoms with van der Waals surface area (Å²) in [6.07, 6.45) is 0.459. The molecule has 0 aliphatic heterocycles. The third-order valence-electron chi connectivity index (χ3n) is 4.35. The van der Waals surface area contributed by atoms with Crippen molar-refractivity contribution in [1.29, 1.82) is 0 Å². The molecule has 0 saturated heterocycles. The molecule has 0 spiro atoms. The van der Waals surface area contributed by atoms with Crippen LogP contribution in [0.4, 0.5) is 10.8 Å². The molecule has 0 unspecified atom stereocenters. The average Bonchev–Trinajstić information content (AvgIpc) is 3.21. The Morgan fingerprint density at radius 2 is 1.78 bits per heavy atom. The highest BCUT2D eigenvalue weighted by atomic mass is 35.5. The lowest BCUT2D eigenvalue weighted by molar-refractivity contribution is -0.118. The quantitative estimate of drug-likeness (QED) is 0.459. The first-order valence-electron chi connectivity index (χ1n) is 9.91. The van der Waals surface area contributed by atoms with E-state index >= 15 is 0 Å². The third-order valence-corrected chi connectivity index (χ3v) is 5.57. The Balaban J connectivity index is 1.52. The maximum atomic E-state index is 12.5. The predicted octanol–water partition coefficient (Wildman–Crippen LogP) is 4.01. The third kappa shape index (κ3) is 6.35. The number of anilines is 2. The Kier molecular flexibility index (Phi) is 7.91. The number of nitrogens with zero attached hydrogens (tertiary/aromatic N) is 2. The van der Waals surface area contributed by atoms with Gasteiger partial charge in [0.25, 0.3) is 11.8 Å². The molecule has 0 saturated carbocycles. The van der Waals surface area contributed by atoms with Crippen molar-refractivity contribution in [3.8, 4) is 0 Å². The van der Waals surface area contributed by atoms with Gasteiger partial charge in [-0.2, -0.15) is 0 Å². The zero-order valence-corrected chi connectivity index (χ0v) is 19.1. The second-order valence-corrected chi connectivity index (χ2v) is 8.63. The molecule has 166 valence electrons. The molecule has 0 bridgehead atoms. The minimum atomic E-state index is -0.361. The Morgan fingerprint density at radius 1 is 1.00 bits per heavy atom. The van der Waals surface area contributed by atoms with Crippen molar-refractivity contribution in [1.82, 2.24) is 15.5 Å². The molecular formula is C22H22ClN5O3S. The van der Waals surface area contributed by atoms with Crippen molar-refractivity contribution in [3.63, 3.8) is 0 Å². The topological polar surface area (TPSA) is 113 Å². The maximum Gasteiger partial charge on any atom is 0.257 e. The molecule has 1 aromatic heterocycles. The summed E-state index contributed by atoms with van der Waals surface area (Å²) in [6.45, 7) is 3.94. The van der Waals surface area contributed by atoms with Crippen LogP contribution in [-0.2, 0) is 11.2 Å². The fourth-order valence-corrected chi connectivity index (χ4v) is 3.58. The van der Waals surface area contributed by atoms with E-state index < -0.39 is 0 Å². The van der Waals surface area contributed by atoms with E-state index in [2.05, 4.69) is 26.1 Å².